The Morgan fingerprint density at radius 1 is 0.971 bits per heavy atom. The van der Waals surface area contributed by atoms with Gasteiger partial charge in [-0.2, -0.15) is 0 Å². The van der Waals surface area contributed by atoms with Crippen molar-refractivity contribution in [2.24, 2.45) is 0 Å². The van der Waals surface area contributed by atoms with Gasteiger partial charge in [0, 0.05) is 5.56 Å². The standard InChI is InChI=1S/C26H25NO7S/c1-16-21(35(31,32)17-11-7-6-8-12-17)15-19(22(28)33-5)26(16)18-13-9-10-14-20(18)27(23(26)29)24(30)34-25(2,3)4/h6-15H,1-5H3/t26-/m1/s1. The number of sulfone groups is 1. The Kier molecular flexibility index (Phi) is 5.72. The number of carbonyl (C=O) groups is 3. The third kappa shape index (κ3) is 3.58. The van der Waals surface area contributed by atoms with Crippen molar-refractivity contribution in [1.82, 2.24) is 0 Å². The van der Waals surface area contributed by atoms with Crippen molar-refractivity contribution in [1.29, 1.82) is 0 Å². The van der Waals surface area contributed by atoms with E-state index in [1.807, 2.05) is 0 Å². The fraction of sp³-hybridized carbons (Fsp3) is 0.269. The minimum absolute atomic E-state index is 0.00888. The number of anilines is 1. The molecule has 1 heterocycles. The maximum absolute atomic E-state index is 14.1. The van der Waals surface area contributed by atoms with Crippen LogP contribution in [0.4, 0.5) is 10.5 Å². The number of carbonyl (C=O) groups excluding carboxylic acids is 3. The molecule has 0 unspecified atom stereocenters. The number of benzene rings is 2. The lowest BCUT2D eigenvalue weighted by Crippen LogP contribution is -2.47. The summed E-state index contributed by atoms with van der Waals surface area (Å²) < 4.78 is 37.6. The van der Waals surface area contributed by atoms with Crippen LogP contribution in [-0.4, -0.2) is 39.1 Å². The first-order valence-corrected chi connectivity index (χ1v) is 12.3. The fourth-order valence-corrected chi connectivity index (χ4v) is 6.15. The maximum atomic E-state index is 14.1. The maximum Gasteiger partial charge on any atom is 0.421 e. The SMILES string of the molecule is COC(=O)C1=CC(S(=O)(=O)c2ccccc2)=C(C)[C@]12C(=O)N(C(=O)OC(C)(C)C)c1ccccc12. The minimum atomic E-state index is -4.11. The summed E-state index contributed by atoms with van der Waals surface area (Å²) in [4.78, 5) is 40.9. The number of hydrogen-bond acceptors (Lipinski definition) is 7. The van der Waals surface area contributed by atoms with Crippen LogP contribution in [0.2, 0.25) is 0 Å². The number of methoxy groups -OCH3 is 1. The summed E-state index contributed by atoms with van der Waals surface area (Å²) in [6.45, 7) is 6.48. The Labute approximate surface area is 203 Å². The molecular weight excluding hydrogens is 470 g/mol. The van der Waals surface area contributed by atoms with Crippen LogP contribution < -0.4 is 4.90 Å². The molecule has 0 fully saturated rings. The highest BCUT2D eigenvalue weighted by atomic mass is 32.2. The first kappa shape index (κ1) is 24.4. The van der Waals surface area contributed by atoms with Crippen molar-refractivity contribution in [3.63, 3.8) is 0 Å². The number of fused-ring (bicyclic) bond motifs is 2. The van der Waals surface area contributed by atoms with Crippen molar-refractivity contribution in [3.05, 3.63) is 82.3 Å². The molecule has 0 saturated carbocycles. The largest absolute Gasteiger partial charge is 0.466 e. The van der Waals surface area contributed by atoms with Gasteiger partial charge in [-0.05, 0) is 57.5 Å². The summed E-state index contributed by atoms with van der Waals surface area (Å²) in [6.07, 6.45) is 0.250. The van der Waals surface area contributed by atoms with Gasteiger partial charge in [0.05, 0.1) is 28.2 Å². The number of esters is 1. The lowest BCUT2D eigenvalue weighted by molar-refractivity contribution is -0.138. The number of nitrogens with zero attached hydrogens (tertiary/aromatic N) is 1. The zero-order chi connectivity index (χ0) is 25.8. The van der Waals surface area contributed by atoms with Gasteiger partial charge in [-0.25, -0.2) is 22.9 Å². The molecule has 2 aromatic carbocycles. The smallest absolute Gasteiger partial charge is 0.421 e. The summed E-state index contributed by atoms with van der Waals surface area (Å²) >= 11 is 0. The van der Waals surface area contributed by atoms with Crippen LogP contribution in [-0.2, 0) is 34.3 Å². The number of allylic oxidation sites excluding steroid dienone is 1. The molecule has 4 rings (SSSR count). The fourth-order valence-electron chi connectivity index (χ4n) is 4.55. The minimum Gasteiger partial charge on any atom is -0.466 e. The summed E-state index contributed by atoms with van der Waals surface area (Å²) in [5, 5.41) is 0. The molecular formula is C26H25NO7S. The quantitative estimate of drug-likeness (QED) is 0.591. The molecule has 1 spiro atoms. The van der Waals surface area contributed by atoms with E-state index in [0.717, 1.165) is 12.0 Å². The molecule has 0 radical (unpaired) electrons. The number of imide groups is 1. The molecule has 9 heteroatoms. The molecule has 1 aliphatic heterocycles. The summed E-state index contributed by atoms with van der Waals surface area (Å²) in [5.41, 5.74) is -2.34. The van der Waals surface area contributed by atoms with Gasteiger partial charge in [0.15, 0.2) is 0 Å². The van der Waals surface area contributed by atoms with Crippen molar-refractivity contribution in [2.75, 3.05) is 12.0 Å². The predicted molar refractivity (Wildman–Crippen MR) is 128 cm³/mol. The summed E-state index contributed by atoms with van der Waals surface area (Å²) in [7, 11) is -2.96. The van der Waals surface area contributed by atoms with Crippen LogP contribution in [0, 0.1) is 0 Å². The van der Waals surface area contributed by atoms with Gasteiger partial charge < -0.3 is 9.47 Å². The van der Waals surface area contributed by atoms with Crippen LogP contribution >= 0.6 is 0 Å². The lowest BCUT2D eigenvalue weighted by Gasteiger charge is -2.28. The number of ether oxygens (including phenoxy) is 2. The first-order valence-electron chi connectivity index (χ1n) is 10.9. The van der Waals surface area contributed by atoms with E-state index >= 15 is 0 Å². The Bertz CT molecular complexity index is 1420. The first-order chi connectivity index (χ1) is 16.4. The predicted octanol–water partition coefficient (Wildman–Crippen LogP) is 4.07. The molecule has 35 heavy (non-hydrogen) atoms. The second-order valence-electron chi connectivity index (χ2n) is 9.24. The molecule has 1 aliphatic carbocycles. The zero-order valence-corrected chi connectivity index (χ0v) is 20.8. The van der Waals surface area contributed by atoms with Gasteiger partial charge >= 0.3 is 12.1 Å². The average molecular weight is 496 g/mol. The van der Waals surface area contributed by atoms with Crippen LogP contribution in [0.15, 0.2) is 81.6 Å². The van der Waals surface area contributed by atoms with Gasteiger partial charge in [-0.1, -0.05) is 36.4 Å². The Morgan fingerprint density at radius 3 is 2.17 bits per heavy atom. The van der Waals surface area contributed by atoms with E-state index in [2.05, 4.69) is 0 Å². The number of para-hydroxylation sites is 1. The molecule has 0 aromatic heterocycles. The molecule has 1 atom stereocenters. The Balaban J connectivity index is 2.01. The molecule has 0 bridgehead atoms. The molecule has 2 aromatic rings. The van der Waals surface area contributed by atoms with E-state index in [-0.39, 0.29) is 26.6 Å². The highest BCUT2D eigenvalue weighted by molar-refractivity contribution is 7.95. The number of hydrogen-bond donors (Lipinski definition) is 0. The lowest BCUT2D eigenvalue weighted by atomic mass is 9.72. The number of amides is 2. The van der Waals surface area contributed by atoms with Gasteiger partial charge in [0.2, 0.25) is 9.84 Å². The molecule has 182 valence electrons. The van der Waals surface area contributed by atoms with E-state index < -0.39 is 38.8 Å². The molecule has 0 saturated heterocycles. The summed E-state index contributed by atoms with van der Waals surface area (Å²) in [6, 6.07) is 14.2. The van der Waals surface area contributed by atoms with Crippen LogP contribution in [0.3, 0.4) is 0 Å². The van der Waals surface area contributed by atoms with E-state index in [1.54, 1.807) is 63.2 Å². The van der Waals surface area contributed by atoms with Gasteiger partial charge in [0.1, 0.15) is 11.0 Å². The van der Waals surface area contributed by atoms with E-state index in [9.17, 15) is 22.8 Å². The Morgan fingerprint density at radius 2 is 1.57 bits per heavy atom. The van der Waals surface area contributed by atoms with Crippen molar-refractivity contribution < 1.29 is 32.3 Å². The number of rotatable bonds is 3. The van der Waals surface area contributed by atoms with Gasteiger partial charge in [-0.15, -0.1) is 0 Å². The molecule has 2 amide bonds. The van der Waals surface area contributed by atoms with Crippen LogP contribution in [0.25, 0.3) is 0 Å². The van der Waals surface area contributed by atoms with Crippen molar-refractivity contribution in [2.45, 2.75) is 43.6 Å². The average Bonchev–Trinajstić information content (AvgIpc) is 3.26. The molecule has 0 N–H and O–H groups in total. The van der Waals surface area contributed by atoms with Crippen LogP contribution in [0.1, 0.15) is 33.3 Å². The summed E-state index contributed by atoms with van der Waals surface area (Å²) in [5.74, 6) is -1.68. The van der Waals surface area contributed by atoms with Crippen molar-refractivity contribution >= 4 is 33.5 Å². The second-order valence-corrected chi connectivity index (χ2v) is 11.2. The van der Waals surface area contributed by atoms with Crippen LogP contribution in [0.5, 0.6) is 0 Å². The monoisotopic (exact) mass is 495 g/mol. The highest BCUT2D eigenvalue weighted by Gasteiger charge is 2.62. The van der Waals surface area contributed by atoms with E-state index in [0.29, 0.717) is 5.56 Å². The highest BCUT2D eigenvalue weighted by Crippen LogP contribution is 2.56. The van der Waals surface area contributed by atoms with E-state index in [4.69, 9.17) is 9.47 Å². The third-order valence-electron chi connectivity index (χ3n) is 6.01. The second kappa shape index (κ2) is 8.20. The Hall–Kier alpha value is -3.72. The third-order valence-corrected chi connectivity index (χ3v) is 7.90. The van der Waals surface area contributed by atoms with E-state index in [1.165, 1.54) is 25.1 Å². The van der Waals surface area contributed by atoms with Gasteiger partial charge in [0.25, 0.3) is 5.91 Å². The van der Waals surface area contributed by atoms with Gasteiger partial charge in [-0.3, -0.25) is 4.79 Å². The molecule has 2 aliphatic rings. The normalized spacial score (nSPS) is 19.6. The zero-order valence-electron chi connectivity index (χ0n) is 20.0. The molecule has 8 nitrogen and oxygen atoms in total. The topological polar surface area (TPSA) is 107 Å². The van der Waals surface area contributed by atoms with Crippen molar-refractivity contribution in [3.8, 4) is 0 Å².